The molecule has 0 bridgehead atoms. The number of aryl methyl sites for hydroxylation is 1. The van der Waals surface area contributed by atoms with Gasteiger partial charge in [-0.1, -0.05) is 35.0 Å². The molecule has 3 heterocycles. The average Bonchev–Trinajstić information content (AvgIpc) is 3.40. The maximum Gasteiger partial charge on any atom is 0.258 e. The summed E-state index contributed by atoms with van der Waals surface area (Å²) < 4.78 is 5.27. The first-order valence-electron chi connectivity index (χ1n) is 9.84. The maximum atomic E-state index is 11.8. The molecule has 2 aromatic carbocycles. The molecule has 0 N–H and O–H groups in total. The number of hydrogen-bond donors (Lipinski definition) is 0. The van der Waals surface area contributed by atoms with Crippen LogP contribution in [0.4, 0.5) is 0 Å². The molecule has 3 aromatic rings. The van der Waals surface area contributed by atoms with E-state index in [9.17, 15) is 4.79 Å². The van der Waals surface area contributed by atoms with Crippen LogP contribution in [0.3, 0.4) is 0 Å². The minimum absolute atomic E-state index is 0.148. The summed E-state index contributed by atoms with van der Waals surface area (Å²) in [6.45, 7) is 2.05. The van der Waals surface area contributed by atoms with Gasteiger partial charge in [0.2, 0.25) is 0 Å². The standard InChI is InChI=1S/C23H19ClN4O2S/c1-13-3-8-18-15(9-13)10-17(22(24)25-18)20-11-19(14-4-6-16(30-2)7-5-14)27-28(20)23-26-21(29)12-31-23/h3-10,20H,11-12H2,1-2H3. The van der Waals surface area contributed by atoms with Gasteiger partial charge in [-0.3, -0.25) is 4.79 Å². The Hall–Kier alpha value is -2.90. The van der Waals surface area contributed by atoms with Gasteiger partial charge in [0, 0.05) is 17.4 Å². The Bertz CT molecular complexity index is 1260. The van der Waals surface area contributed by atoms with Gasteiger partial charge in [0.25, 0.3) is 5.91 Å². The van der Waals surface area contributed by atoms with Crippen LogP contribution in [0.1, 0.15) is 29.2 Å². The van der Waals surface area contributed by atoms with E-state index in [1.54, 1.807) is 7.11 Å². The van der Waals surface area contributed by atoms with E-state index in [4.69, 9.17) is 21.4 Å². The quantitative estimate of drug-likeness (QED) is 0.526. The van der Waals surface area contributed by atoms with Crippen molar-refractivity contribution in [2.45, 2.75) is 19.4 Å². The number of hydrazone groups is 1. The molecule has 6 nitrogen and oxygen atoms in total. The van der Waals surface area contributed by atoms with E-state index in [0.29, 0.717) is 22.5 Å². The predicted molar refractivity (Wildman–Crippen MR) is 125 cm³/mol. The lowest BCUT2D eigenvalue weighted by Gasteiger charge is -2.23. The number of aliphatic imine (C=N–C) groups is 1. The molecule has 0 saturated carbocycles. The zero-order chi connectivity index (χ0) is 21.5. The number of aromatic nitrogens is 1. The molecule has 8 heteroatoms. The molecule has 0 radical (unpaired) electrons. The van der Waals surface area contributed by atoms with E-state index in [1.165, 1.54) is 11.8 Å². The molecule has 0 saturated heterocycles. The lowest BCUT2D eigenvalue weighted by Crippen LogP contribution is -2.24. The number of halogens is 1. The number of ether oxygens (including phenoxy) is 1. The van der Waals surface area contributed by atoms with Crippen molar-refractivity contribution < 1.29 is 9.53 Å². The Labute approximate surface area is 189 Å². The number of methoxy groups -OCH3 is 1. The lowest BCUT2D eigenvalue weighted by atomic mass is 9.98. The van der Waals surface area contributed by atoms with Gasteiger partial charge in [-0.15, -0.1) is 0 Å². The molecule has 31 heavy (non-hydrogen) atoms. The highest BCUT2D eigenvalue weighted by atomic mass is 35.5. The number of amides is 1. The van der Waals surface area contributed by atoms with Gasteiger partial charge in [0.1, 0.15) is 10.9 Å². The van der Waals surface area contributed by atoms with Crippen molar-refractivity contribution in [3.8, 4) is 5.75 Å². The van der Waals surface area contributed by atoms with Crippen molar-refractivity contribution in [1.29, 1.82) is 0 Å². The Morgan fingerprint density at radius 3 is 2.68 bits per heavy atom. The number of carbonyl (C=O) groups excluding carboxylic acids is 1. The van der Waals surface area contributed by atoms with Crippen LogP contribution in [0.5, 0.6) is 5.75 Å². The van der Waals surface area contributed by atoms with Crippen LogP contribution in [0.2, 0.25) is 5.15 Å². The Balaban J connectivity index is 1.58. The third-order valence-electron chi connectivity index (χ3n) is 5.38. The van der Waals surface area contributed by atoms with Crippen LogP contribution in [0.15, 0.2) is 58.6 Å². The maximum absolute atomic E-state index is 11.8. The van der Waals surface area contributed by atoms with E-state index in [1.807, 2.05) is 41.4 Å². The molecule has 156 valence electrons. The summed E-state index contributed by atoms with van der Waals surface area (Å²) in [6, 6.07) is 15.8. The van der Waals surface area contributed by atoms with Gasteiger partial charge in [-0.2, -0.15) is 10.1 Å². The summed E-state index contributed by atoms with van der Waals surface area (Å²) in [5.41, 5.74) is 4.76. The number of fused-ring (bicyclic) bond motifs is 1. The van der Waals surface area contributed by atoms with Crippen molar-refractivity contribution >= 4 is 51.1 Å². The van der Waals surface area contributed by atoms with Crippen LogP contribution in [0.25, 0.3) is 10.9 Å². The van der Waals surface area contributed by atoms with E-state index in [0.717, 1.165) is 39.1 Å². The second-order valence-corrected chi connectivity index (χ2v) is 8.78. The molecule has 2 aliphatic heterocycles. The smallest absolute Gasteiger partial charge is 0.258 e. The molecule has 1 aromatic heterocycles. The highest BCUT2D eigenvalue weighted by Gasteiger charge is 2.36. The largest absolute Gasteiger partial charge is 0.497 e. The molecule has 1 atom stereocenters. The summed E-state index contributed by atoms with van der Waals surface area (Å²) in [7, 11) is 1.64. The average molecular weight is 451 g/mol. The monoisotopic (exact) mass is 450 g/mol. The van der Waals surface area contributed by atoms with Gasteiger partial charge in [-0.25, -0.2) is 9.99 Å². The Morgan fingerprint density at radius 1 is 1.16 bits per heavy atom. The summed E-state index contributed by atoms with van der Waals surface area (Å²) in [6.07, 6.45) is 0.624. The summed E-state index contributed by atoms with van der Waals surface area (Å²) in [5.74, 6) is 0.967. The SMILES string of the molecule is COc1ccc(C2=NN(C3=NC(=O)CS3)C(c3cc4cc(C)ccc4nc3Cl)C2)cc1. The fourth-order valence-electron chi connectivity index (χ4n) is 3.82. The highest BCUT2D eigenvalue weighted by Crippen LogP contribution is 2.39. The zero-order valence-electron chi connectivity index (χ0n) is 17.0. The van der Waals surface area contributed by atoms with Gasteiger partial charge >= 0.3 is 0 Å². The van der Waals surface area contributed by atoms with Crippen molar-refractivity contribution in [2.24, 2.45) is 10.1 Å². The summed E-state index contributed by atoms with van der Waals surface area (Å²) >= 11 is 8.04. The van der Waals surface area contributed by atoms with E-state index < -0.39 is 0 Å². The van der Waals surface area contributed by atoms with Crippen molar-refractivity contribution in [3.05, 3.63) is 70.4 Å². The Morgan fingerprint density at radius 2 is 1.97 bits per heavy atom. The van der Waals surface area contributed by atoms with Crippen LogP contribution in [-0.2, 0) is 4.79 Å². The van der Waals surface area contributed by atoms with E-state index in [2.05, 4.69) is 29.0 Å². The zero-order valence-corrected chi connectivity index (χ0v) is 18.6. The van der Waals surface area contributed by atoms with Gasteiger partial charge < -0.3 is 4.74 Å². The molecule has 0 spiro atoms. The highest BCUT2D eigenvalue weighted by molar-refractivity contribution is 8.14. The second-order valence-electron chi connectivity index (χ2n) is 7.48. The normalized spacial score (nSPS) is 18.5. The molecule has 2 aliphatic rings. The third kappa shape index (κ3) is 3.79. The number of hydrogen-bond acceptors (Lipinski definition) is 6. The first-order valence-corrected chi connectivity index (χ1v) is 11.2. The number of rotatable bonds is 3. The number of nitrogens with zero attached hydrogens (tertiary/aromatic N) is 4. The summed E-state index contributed by atoms with van der Waals surface area (Å²) in [4.78, 5) is 20.6. The molecule has 1 unspecified atom stereocenters. The number of benzene rings is 2. The van der Waals surface area contributed by atoms with Gasteiger partial charge in [0.05, 0.1) is 30.1 Å². The first-order chi connectivity index (χ1) is 15.0. The molecule has 1 amide bonds. The van der Waals surface area contributed by atoms with Crippen LogP contribution < -0.4 is 4.74 Å². The van der Waals surface area contributed by atoms with E-state index in [-0.39, 0.29) is 11.9 Å². The molecular weight excluding hydrogens is 432 g/mol. The van der Waals surface area contributed by atoms with Crippen LogP contribution >= 0.6 is 23.4 Å². The molecular formula is C23H19ClN4O2S. The number of carbonyl (C=O) groups is 1. The van der Waals surface area contributed by atoms with E-state index >= 15 is 0 Å². The number of pyridine rings is 1. The third-order valence-corrected chi connectivity index (χ3v) is 6.62. The van der Waals surface area contributed by atoms with Crippen molar-refractivity contribution in [2.75, 3.05) is 12.9 Å². The Kier molecular flexibility index (Phi) is 5.16. The second kappa shape index (κ2) is 7.98. The first kappa shape index (κ1) is 20.0. The van der Waals surface area contributed by atoms with Crippen LogP contribution in [0, 0.1) is 6.92 Å². The van der Waals surface area contributed by atoms with Gasteiger partial charge in [0.15, 0.2) is 5.17 Å². The molecule has 0 fully saturated rings. The number of thioether (sulfide) groups is 1. The van der Waals surface area contributed by atoms with Crippen molar-refractivity contribution in [3.63, 3.8) is 0 Å². The van der Waals surface area contributed by atoms with Gasteiger partial charge in [-0.05, 0) is 55.0 Å². The minimum atomic E-state index is -0.195. The van der Waals surface area contributed by atoms with Crippen molar-refractivity contribution in [1.82, 2.24) is 9.99 Å². The molecule has 0 aliphatic carbocycles. The predicted octanol–water partition coefficient (Wildman–Crippen LogP) is 4.99. The summed E-state index contributed by atoms with van der Waals surface area (Å²) in [5, 5.41) is 8.72. The number of amidine groups is 1. The lowest BCUT2D eigenvalue weighted by molar-refractivity contribution is -0.115. The molecule has 5 rings (SSSR count). The minimum Gasteiger partial charge on any atom is -0.497 e. The fourth-order valence-corrected chi connectivity index (χ4v) is 4.88. The fraction of sp³-hybridized carbons (Fsp3) is 0.217. The van der Waals surface area contributed by atoms with Crippen LogP contribution in [-0.4, -0.2) is 39.6 Å². The topological polar surface area (TPSA) is 67.2 Å².